The van der Waals surface area contributed by atoms with Crippen molar-refractivity contribution in [3.8, 4) is 5.88 Å². The quantitative estimate of drug-likeness (QED) is 0.833. The molecule has 0 aliphatic carbocycles. The van der Waals surface area contributed by atoms with Gasteiger partial charge in [0.1, 0.15) is 6.61 Å². The molecule has 3 rings (SSSR count). The van der Waals surface area contributed by atoms with Gasteiger partial charge in [-0.1, -0.05) is 43.3 Å². The highest BCUT2D eigenvalue weighted by molar-refractivity contribution is 5.30. The molecule has 0 unspecified atom stereocenters. The predicted molar refractivity (Wildman–Crippen MR) is 84.2 cm³/mol. The van der Waals surface area contributed by atoms with Crippen LogP contribution in [-0.4, -0.2) is 23.0 Å². The summed E-state index contributed by atoms with van der Waals surface area (Å²) in [6, 6.07) is 14.9. The van der Waals surface area contributed by atoms with Crippen molar-refractivity contribution in [2.45, 2.75) is 32.4 Å². The first-order valence-electron chi connectivity index (χ1n) is 7.74. The van der Waals surface area contributed by atoms with Crippen LogP contribution in [0.25, 0.3) is 0 Å². The second-order valence-corrected chi connectivity index (χ2v) is 5.46. The van der Waals surface area contributed by atoms with Crippen LogP contribution < -0.4 is 4.74 Å². The third kappa shape index (κ3) is 3.24. The first kappa shape index (κ1) is 14.1. The average Bonchev–Trinajstić information content (AvgIpc) is 3.02. The minimum Gasteiger partial charge on any atom is -0.473 e. The van der Waals surface area contributed by atoms with Gasteiger partial charge in [0.15, 0.2) is 0 Å². The highest BCUT2D eigenvalue weighted by Crippen LogP contribution is 2.35. The third-order valence-electron chi connectivity index (χ3n) is 4.15. The topological polar surface area (TPSA) is 25.4 Å². The number of aromatic nitrogens is 1. The van der Waals surface area contributed by atoms with Crippen LogP contribution in [0.2, 0.25) is 0 Å². The third-order valence-corrected chi connectivity index (χ3v) is 4.15. The number of ether oxygens (including phenoxy) is 1. The van der Waals surface area contributed by atoms with Crippen molar-refractivity contribution in [2.24, 2.45) is 0 Å². The maximum atomic E-state index is 5.99. The van der Waals surface area contributed by atoms with E-state index in [1.807, 2.05) is 30.5 Å². The van der Waals surface area contributed by atoms with Crippen LogP contribution in [0.5, 0.6) is 5.88 Å². The van der Waals surface area contributed by atoms with E-state index in [0.29, 0.717) is 12.6 Å². The van der Waals surface area contributed by atoms with Crippen molar-refractivity contribution in [2.75, 3.05) is 13.1 Å². The average molecular weight is 282 g/mol. The number of nitrogens with zero attached hydrogens (tertiary/aromatic N) is 2. The van der Waals surface area contributed by atoms with E-state index in [4.69, 9.17) is 4.74 Å². The summed E-state index contributed by atoms with van der Waals surface area (Å²) >= 11 is 0. The zero-order chi connectivity index (χ0) is 14.5. The van der Waals surface area contributed by atoms with Crippen LogP contribution in [-0.2, 0) is 6.61 Å². The molecule has 1 aromatic heterocycles. The maximum Gasteiger partial charge on any atom is 0.218 e. The van der Waals surface area contributed by atoms with E-state index in [-0.39, 0.29) is 0 Å². The Bertz CT molecular complexity index is 570. The van der Waals surface area contributed by atoms with Crippen LogP contribution in [0, 0.1) is 0 Å². The Hall–Kier alpha value is -1.87. The Morgan fingerprint density at radius 3 is 2.86 bits per heavy atom. The fourth-order valence-corrected chi connectivity index (χ4v) is 3.06. The predicted octanol–water partition coefficient (Wildman–Crippen LogP) is 3.82. The van der Waals surface area contributed by atoms with Crippen LogP contribution in [0.15, 0.2) is 48.7 Å². The fourth-order valence-electron chi connectivity index (χ4n) is 3.06. The Kier molecular flexibility index (Phi) is 4.51. The largest absolute Gasteiger partial charge is 0.473 e. The summed E-state index contributed by atoms with van der Waals surface area (Å²) in [4.78, 5) is 6.96. The second-order valence-electron chi connectivity index (χ2n) is 5.46. The van der Waals surface area contributed by atoms with Gasteiger partial charge in [0.05, 0.1) is 0 Å². The summed E-state index contributed by atoms with van der Waals surface area (Å²) < 4.78 is 5.99. The van der Waals surface area contributed by atoms with Gasteiger partial charge >= 0.3 is 0 Å². The lowest BCUT2D eigenvalue weighted by atomic mass is 10.1. The van der Waals surface area contributed by atoms with Gasteiger partial charge in [0.2, 0.25) is 5.88 Å². The lowest BCUT2D eigenvalue weighted by Gasteiger charge is -2.24. The van der Waals surface area contributed by atoms with Crippen LogP contribution >= 0.6 is 0 Å². The molecule has 0 radical (unpaired) electrons. The molecule has 1 aliphatic rings. The minimum atomic E-state index is 0.453. The number of pyridine rings is 1. The van der Waals surface area contributed by atoms with E-state index < -0.39 is 0 Å². The van der Waals surface area contributed by atoms with Crippen molar-refractivity contribution < 1.29 is 4.74 Å². The van der Waals surface area contributed by atoms with Crippen molar-refractivity contribution in [1.29, 1.82) is 0 Å². The van der Waals surface area contributed by atoms with Crippen molar-refractivity contribution in [1.82, 2.24) is 9.88 Å². The molecule has 3 heteroatoms. The lowest BCUT2D eigenvalue weighted by molar-refractivity contribution is 0.247. The fraction of sp³-hybridized carbons (Fsp3) is 0.389. The summed E-state index contributed by atoms with van der Waals surface area (Å²) in [6.45, 7) is 5.05. The number of hydrogen-bond donors (Lipinski definition) is 0. The molecule has 1 atom stereocenters. The summed E-state index contributed by atoms with van der Waals surface area (Å²) in [5.41, 5.74) is 2.40. The highest BCUT2D eigenvalue weighted by atomic mass is 16.5. The molecule has 3 nitrogen and oxygen atoms in total. The maximum absolute atomic E-state index is 5.99. The summed E-state index contributed by atoms with van der Waals surface area (Å²) in [5, 5.41) is 0. The molecule has 2 heterocycles. The molecular formula is C18H22N2O. The normalized spacial score (nSPS) is 18.8. The van der Waals surface area contributed by atoms with Gasteiger partial charge in [0.25, 0.3) is 0 Å². The van der Waals surface area contributed by atoms with Gasteiger partial charge in [-0.15, -0.1) is 0 Å². The Morgan fingerprint density at radius 2 is 2.05 bits per heavy atom. The second kappa shape index (κ2) is 6.72. The Labute approximate surface area is 126 Å². The smallest absolute Gasteiger partial charge is 0.218 e. The van der Waals surface area contributed by atoms with Gasteiger partial charge < -0.3 is 4.74 Å². The molecule has 1 fully saturated rings. The molecule has 0 bridgehead atoms. The number of likely N-dealkylation sites (tertiary alicyclic amines) is 1. The van der Waals surface area contributed by atoms with Gasteiger partial charge in [0, 0.05) is 17.8 Å². The summed E-state index contributed by atoms with van der Waals surface area (Å²) in [7, 11) is 0. The zero-order valence-corrected chi connectivity index (χ0v) is 12.5. The van der Waals surface area contributed by atoms with Crippen molar-refractivity contribution >= 4 is 0 Å². The standard InChI is InChI=1S/C18H22N2O/c1-2-20-13-7-11-17(20)16-10-6-12-19-18(16)21-14-15-8-4-3-5-9-15/h3-6,8-10,12,17H,2,7,11,13-14H2,1H3/t17-/m0/s1. The molecular weight excluding hydrogens is 260 g/mol. The van der Waals surface area contributed by atoms with Crippen LogP contribution in [0.1, 0.15) is 36.9 Å². The molecule has 1 aliphatic heterocycles. The van der Waals surface area contributed by atoms with Crippen molar-refractivity contribution in [3.63, 3.8) is 0 Å². The SMILES string of the molecule is CCN1CCC[C@H]1c1cccnc1OCc1ccccc1. The van der Waals surface area contributed by atoms with E-state index in [0.717, 1.165) is 12.4 Å². The lowest BCUT2D eigenvalue weighted by Crippen LogP contribution is -2.23. The Balaban J connectivity index is 1.76. The number of rotatable bonds is 5. The molecule has 0 spiro atoms. The van der Waals surface area contributed by atoms with E-state index >= 15 is 0 Å². The zero-order valence-electron chi connectivity index (χ0n) is 12.5. The van der Waals surface area contributed by atoms with Crippen LogP contribution in [0.4, 0.5) is 0 Å². The number of hydrogen-bond acceptors (Lipinski definition) is 3. The highest BCUT2D eigenvalue weighted by Gasteiger charge is 2.27. The van der Waals surface area contributed by atoms with Crippen molar-refractivity contribution in [3.05, 3.63) is 59.8 Å². The van der Waals surface area contributed by atoms with Gasteiger partial charge in [-0.05, 0) is 37.6 Å². The van der Waals surface area contributed by atoms with E-state index in [2.05, 4.69) is 35.0 Å². The molecule has 2 aromatic rings. The molecule has 1 aromatic carbocycles. The van der Waals surface area contributed by atoms with Gasteiger partial charge in [-0.3, -0.25) is 4.90 Å². The summed E-state index contributed by atoms with van der Waals surface area (Å²) in [6.07, 6.45) is 4.27. The number of benzene rings is 1. The van der Waals surface area contributed by atoms with E-state index in [9.17, 15) is 0 Å². The molecule has 0 amide bonds. The first-order chi connectivity index (χ1) is 10.4. The van der Waals surface area contributed by atoms with E-state index in [1.54, 1.807) is 0 Å². The molecule has 110 valence electrons. The van der Waals surface area contributed by atoms with Crippen LogP contribution in [0.3, 0.4) is 0 Å². The van der Waals surface area contributed by atoms with Gasteiger partial charge in [-0.25, -0.2) is 4.98 Å². The first-order valence-corrected chi connectivity index (χ1v) is 7.74. The summed E-state index contributed by atoms with van der Waals surface area (Å²) in [5.74, 6) is 0.784. The molecule has 1 saturated heterocycles. The van der Waals surface area contributed by atoms with Gasteiger partial charge in [-0.2, -0.15) is 0 Å². The van der Waals surface area contributed by atoms with E-state index in [1.165, 1.54) is 30.5 Å². The monoisotopic (exact) mass is 282 g/mol. The molecule has 0 N–H and O–H groups in total. The Morgan fingerprint density at radius 1 is 1.19 bits per heavy atom. The molecule has 0 saturated carbocycles. The molecule has 21 heavy (non-hydrogen) atoms. The minimum absolute atomic E-state index is 0.453.